The topological polar surface area (TPSA) is 55.8 Å². The summed E-state index contributed by atoms with van der Waals surface area (Å²) in [4.78, 5) is 11.4. The van der Waals surface area contributed by atoms with E-state index >= 15 is 0 Å². The van der Waals surface area contributed by atoms with E-state index in [1.54, 1.807) is 0 Å². The van der Waals surface area contributed by atoms with Crippen molar-refractivity contribution in [2.75, 3.05) is 13.2 Å². The fourth-order valence-electron chi connectivity index (χ4n) is 2.38. The molecule has 1 aromatic carbocycles. The lowest BCUT2D eigenvalue weighted by atomic mass is 9.96. The SMILES string of the molecule is CC1(C)COc2ccc(C3(C(=O)O)CC3)cc2OC1. The van der Waals surface area contributed by atoms with Crippen molar-refractivity contribution in [3.8, 4) is 11.5 Å². The summed E-state index contributed by atoms with van der Waals surface area (Å²) in [6.45, 7) is 5.34. The van der Waals surface area contributed by atoms with Crippen LogP contribution >= 0.6 is 0 Å². The van der Waals surface area contributed by atoms with Gasteiger partial charge in [-0.1, -0.05) is 19.9 Å². The molecule has 0 spiro atoms. The molecule has 2 aliphatic rings. The van der Waals surface area contributed by atoms with Gasteiger partial charge in [-0.15, -0.1) is 0 Å². The Labute approximate surface area is 112 Å². The van der Waals surface area contributed by atoms with Crippen LogP contribution in [0.25, 0.3) is 0 Å². The molecule has 4 nitrogen and oxygen atoms in total. The number of benzene rings is 1. The minimum Gasteiger partial charge on any atom is -0.489 e. The van der Waals surface area contributed by atoms with Gasteiger partial charge in [-0.3, -0.25) is 4.79 Å². The molecule has 0 bridgehead atoms. The molecule has 1 aliphatic carbocycles. The molecule has 1 N–H and O–H groups in total. The highest BCUT2D eigenvalue weighted by Crippen LogP contribution is 2.50. The van der Waals surface area contributed by atoms with Crippen molar-refractivity contribution in [3.63, 3.8) is 0 Å². The van der Waals surface area contributed by atoms with Crippen molar-refractivity contribution in [1.82, 2.24) is 0 Å². The number of hydrogen-bond donors (Lipinski definition) is 1. The zero-order valence-electron chi connectivity index (χ0n) is 11.2. The van der Waals surface area contributed by atoms with Gasteiger partial charge in [0, 0.05) is 5.41 Å². The van der Waals surface area contributed by atoms with Crippen molar-refractivity contribution in [2.24, 2.45) is 5.41 Å². The van der Waals surface area contributed by atoms with Gasteiger partial charge in [0.1, 0.15) is 0 Å². The number of hydrogen-bond acceptors (Lipinski definition) is 3. The molecule has 0 atom stereocenters. The normalized spacial score (nSPS) is 22.4. The van der Waals surface area contributed by atoms with Crippen molar-refractivity contribution < 1.29 is 19.4 Å². The van der Waals surface area contributed by atoms with Crippen molar-refractivity contribution >= 4 is 5.97 Å². The molecule has 0 saturated heterocycles. The van der Waals surface area contributed by atoms with E-state index in [2.05, 4.69) is 13.8 Å². The first-order chi connectivity index (χ1) is 8.93. The van der Waals surface area contributed by atoms with Gasteiger partial charge in [-0.25, -0.2) is 0 Å². The van der Waals surface area contributed by atoms with E-state index in [1.807, 2.05) is 18.2 Å². The summed E-state index contributed by atoms with van der Waals surface area (Å²) in [5, 5.41) is 9.33. The number of rotatable bonds is 2. The molecule has 1 fully saturated rings. The van der Waals surface area contributed by atoms with E-state index < -0.39 is 11.4 Å². The van der Waals surface area contributed by atoms with Gasteiger partial charge < -0.3 is 14.6 Å². The first kappa shape index (κ1) is 12.3. The van der Waals surface area contributed by atoms with Gasteiger partial charge in [0.25, 0.3) is 0 Å². The molecule has 1 heterocycles. The predicted octanol–water partition coefficient (Wildman–Crippen LogP) is 2.60. The summed E-state index contributed by atoms with van der Waals surface area (Å²) in [6, 6.07) is 5.51. The summed E-state index contributed by atoms with van der Waals surface area (Å²) in [6.07, 6.45) is 1.40. The Bertz CT molecular complexity index is 529. The molecule has 102 valence electrons. The Hall–Kier alpha value is -1.71. The maximum Gasteiger partial charge on any atom is 0.314 e. The zero-order chi connectivity index (χ0) is 13.7. The van der Waals surface area contributed by atoms with Gasteiger partial charge in [0.05, 0.1) is 18.6 Å². The smallest absolute Gasteiger partial charge is 0.314 e. The number of carbonyl (C=O) groups is 1. The standard InChI is InChI=1S/C15H18O4/c1-14(2)8-18-11-4-3-10(7-12(11)19-9-14)15(5-6-15)13(16)17/h3-4,7H,5-6,8-9H2,1-2H3,(H,16,17). The second-order valence-corrected chi connectivity index (χ2v) is 6.29. The summed E-state index contributed by atoms with van der Waals surface area (Å²) in [5.74, 6) is 0.619. The van der Waals surface area contributed by atoms with Crippen molar-refractivity contribution in [2.45, 2.75) is 32.1 Å². The molecule has 1 aliphatic heterocycles. The third-order valence-electron chi connectivity index (χ3n) is 3.89. The molecule has 4 heteroatoms. The monoisotopic (exact) mass is 262 g/mol. The summed E-state index contributed by atoms with van der Waals surface area (Å²) < 4.78 is 11.5. The van der Waals surface area contributed by atoms with Crippen LogP contribution in [0, 0.1) is 5.41 Å². The second kappa shape index (κ2) is 3.89. The summed E-state index contributed by atoms with van der Waals surface area (Å²) in [7, 11) is 0. The number of fused-ring (bicyclic) bond motifs is 1. The Morgan fingerprint density at radius 3 is 2.37 bits per heavy atom. The average Bonchev–Trinajstić information content (AvgIpc) is 3.15. The summed E-state index contributed by atoms with van der Waals surface area (Å²) in [5.41, 5.74) is 0.0887. The van der Waals surface area contributed by atoms with Crippen LogP contribution in [-0.2, 0) is 10.2 Å². The molecule has 0 amide bonds. The van der Waals surface area contributed by atoms with E-state index in [0.29, 0.717) is 37.6 Å². The number of carboxylic acids is 1. The number of aliphatic carboxylic acids is 1. The molecule has 19 heavy (non-hydrogen) atoms. The highest BCUT2D eigenvalue weighted by atomic mass is 16.5. The fraction of sp³-hybridized carbons (Fsp3) is 0.533. The van der Waals surface area contributed by atoms with Crippen molar-refractivity contribution in [1.29, 1.82) is 0 Å². The minimum atomic E-state index is -0.748. The fourth-order valence-corrected chi connectivity index (χ4v) is 2.38. The first-order valence-electron chi connectivity index (χ1n) is 6.57. The highest BCUT2D eigenvalue weighted by molar-refractivity contribution is 5.85. The largest absolute Gasteiger partial charge is 0.489 e. The Kier molecular flexibility index (Phi) is 2.52. The third kappa shape index (κ3) is 2.05. The second-order valence-electron chi connectivity index (χ2n) is 6.29. The lowest BCUT2D eigenvalue weighted by Crippen LogP contribution is -2.26. The van der Waals surface area contributed by atoms with Gasteiger partial charge in [-0.2, -0.15) is 0 Å². The Morgan fingerprint density at radius 1 is 1.16 bits per heavy atom. The molecule has 1 saturated carbocycles. The molecular formula is C15H18O4. The number of carboxylic acid groups (broad SMARTS) is 1. The van der Waals surface area contributed by atoms with Crippen LogP contribution in [0.3, 0.4) is 0 Å². The van der Waals surface area contributed by atoms with Gasteiger partial charge in [0.2, 0.25) is 0 Å². The Balaban J connectivity index is 1.93. The van der Waals surface area contributed by atoms with Crippen LogP contribution in [0.1, 0.15) is 32.3 Å². The first-order valence-corrected chi connectivity index (χ1v) is 6.57. The van der Waals surface area contributed by atoms with Gasteiger partial charge in [-0.05, 0) is 30.5 Å². The quantitative estimate of drug-likeness (QED) is 0.890. The van der Waals surface area contributed by atoms with Crippen molar-refractivity contribution in [3.05, 3.63) is 23.8 Å². The average molecular weight is 262 g/mol. The highest BCUT2D eigenvalue weighted by Gasteiger charge is 2.52. The van der Waals surface area contributed by atoms with E-state index in [-0.39, 0.29) is 5.41 Å². The molecule has 0 radical (unpaired) electrons. The zero-order valence-corrected chi connectivity index (χ0v) is 11.2. The Morgan fingerprint density at radius 2 is 1.79 bits per heavy atom. The molecule has 1 aromatic rings. The van der Waals surface area contributed by atoms with Crippen LogP contribution in [0.4, 0.5) is 0 Å². The van der Waals surface area contributed by atoms with Gasteiger partial charge >= 0.3 is 5.97 Å². The van der Waals surface area contributed by atoms with E-state index in [9.17, 15) is 9.90 Å². The minimum absolute atomic E-state index is 0.0384. The maximum atomic E-state index is 11.4. The van der Waals surface area contributed by atoms with E-state index in [0.717, 1.165) is 5.56 Å². The number of ether oxygens (including phenoxy) is 2. The van der Waals surface area contributed by atoms with E-state index in [4.69, 9.17) is 9.47 Å². The molecular weight excluding hydrogens is 244 g/mol. The van der Waals surface area contributed by atoms with E-state index in [1.165, 1.54) is 0 Å². The van der Waals surface area contributed by atoms with Crippen LogP contribution in [0.2, 0.25) is 0 Å². The van der Waals surface area contributed by atoms with Crippen LogP contribution < -0.4 is 9.47 Å². The molecule has 0 unspecified atom stereocenters. The summed E-state index contributed by atoms with van der Waals surface area (Å²) >= 11 is 0. The van der Waals surface area contributed by atoms with Crippen LogP contribution in [0.5, 0.6) is 11.5 Å². The molecule has 0 aromatic heterocycles. The van der Waals surface area contributed by atoms with Crippen LogP contribution in [0.15, 0.2) is 18.2 Å². The predicted molar refractivity (Wildman–Crippen MR) is 69.8 cm³/mol. The van der Waals surface area contributed by atoms with Gasteiger partial charge in [0.15, 0.2) is 11.5 Å². The van der Waals surface area contributed by atoms with Crippen LogP contribution in [-0.4, -0.2) is 24.3 Å². The third-order valence-corrected chi connectivity index (χ3v) is 3.89. The lowest BCUT2D eigenvalue weighted by Gasteiger charge is -2.19. The lowest BCUT2D eigenvalue weighted by molar-refractivity contribution is -0.140. The maximum absolute atomic E-state index is 11.4. The molecule has 3 rings (SSSR count).